The zero-order valence-corrected chi connectivity index (χ0v) is 14.3. The number of nitro groups is 1. The molecule has 6 nitrogen and oxygen atoms in total. The Morgan fingerprint density at radius 3 is 2.44 bits per heavy atom. The van der Waals surface area contributed by atoms with Crippen LogP contribution < -0.4 is 10.6 Å². The first-order valence-corrected chi connectivity index (χ1v) is 8.43. The number of para-hydroxylation sites is 2. The lowest BCUT2D eigenvalue weighted by Crippen LogP contribution is -2.33. The Hall–Kier alpha value is -2.89. The summed E-state index contributed by atoms with van der Waals surface area (Å²) in [5.74, 6) is -0.185. The van der Waals surface area contributed by atoms with E-state index in [-0.39, 0.29) is 17.5 Å². The van der Waals surface area contributed by atoms with Crippen LogP contribution in [0.2, 0.25) is 0 Å². The molecular weight excluding hydrogens is 318 g/mol. The van der Waals surface area contributed by atoms with E-state index < -0.39 is 4.92 Å². The molecule has 0 aliphatic carbocycles. The zero-order chi connectivity index (χ0) is 18.1. The maximum absolute atomic E-state index is 12.5. The van der Waals surface area contributed by atoms with Gasteiger partial charge in [0.25, 0.3) is 5.69 Å². The molecule has 0 saturated heterocycles. The van der Waals surface area contributed by atoms with Crippen molar-refractivity contribution in [3.63, 3.8) is 0 Å². The number of carbonyl (C=O) groups excluding carboxylic acids is 1. The van der Waals surface area contributed by atoms with Crippen LogP contribution in [0.15, 0.2) is 54.6 Å². The molecule has 0 bridgehead atoms. The third-order valence-corrected chi connectivity index (χ3v) is 3.94. The molecule has 0 aliphatic rings. The number of hydrogen-bond acceptors (Lipinski definition) is 4. The topological polar surface area (TPSA) is 84.3 Å². The number of benzene rings is 2. The van der Waals surface area contributed by atoms with Crippen LogP contribution in [-0.4, -0.2) is 23.9 Å². The molecule has 1 atom stereocenters. The standard InChI is InChI=1S/C19H23N3O3/c1-2-8-16(15-9-4-3-5-10-15)19(23)21-14-13-20-17-11-6-7-12-18(17)22(24)25/h3-7,9-12,16,20H,2,8,13-14H2,1H3,(H,21,23)/t16-/m1/s1. The Labute approximate surface area is 147 Å². The van der Waals surface area contributed by atoms with Gasteiger partial charge in [-0.05, 0) is 18.1 Å². The van der Waals surface area contributed by atoms with Gasteiger partial charge in [-0.1, -0.05) is 55.8 Å². The highest BCUT2D eigenvalue weighted by Gasteiger charge is 2.19. The maximum atomic E-state index is 12.5. The summed E-state index contributed by atoms with van der Waals surface area (Å²) in [5.41, 5.74) is 1.49. The van der Waals surface area contributed by atoms with Crippen molar-refractivity contribution >= 4 is 17.3 Å². The molecule has 0 unspecified atom stereocenters. The summed E-state index contributed by atoms with van der Waals surface area (Å²) in [6.45, 7) is 2.88. The van der Waals surface area contributed by atoms with E-state index >= 15 is 0 Å². The molecule has 0 aliphatic heterocycles. The highest BCUT2D eigenvalue weighted by Crippen LogP contribution is 2.23. The Morgan fingerprint density at radius 1 is 1.08 bits per heavy atom. The summed E-state index contributed by atoms with van der Waals surface area (Å²) in [5, 5.41) is 16.9. The normalized spacial score (nSPS) is 11.6. The van der Waals surface area contributed by atoms with Gasteiger partial charge >= 0.3 is 0 Å². The van der Waals surface area contributed by atoms with Crippen molar-refractivity contribution in [1.82, 2.24) is 5.32 Å². The molecule has 2 aromatic rings. The average Bonchev–Trinajstić information content (AvgIpc) is 2.64. The molecule has 0 spiro atoms. The summed E-state index contributed by atoms with van der Waals surface area (Å²) < 4.78 is 0. The summed E-state index contributed by atoms with van der Waals surface area (Å²) in [6, 6.07) is 16.2. The molecule has 1 amide bonds. The van der Waals surface area contributed by atoms with Gasteiger partial charge in [0.15, 0.2) is 0 Å². The predicted octanol–water partition coefficient (Wildman–Crippen LogP) is 3.71. The fraction of sp³-hybridized carbons (Fsp3) is 0.316. The van der Waals surface area contributed by atoms with E-state index in [1.807, 2.05) is 30.3 Å². The van der Waals surface area contributed by atoms with Gasteiger partial charge in [-0.25, -0.2) is 0 Å². The second-order valence-electron chi connectivity index (χ2n) is 5.74. The Bertz CT molecular complexity index is 704. The monoisotopic (exact) mass is 341 g/mol. The van der Waals surface area contributed by atoms with Gasteiger partial charge in [0.1, 0.15) is 5.69 Å². The predicted molar refractivity (Wildman–Crippen MR) is 98.7 cm³/mol. The van der Waals surface area contributed by atoms with E-state index in [1.54, 1.807) is 18.2 Å². The first-order chi connectivity index (χ1) is 12.1. The van der Waals surface area contributed by atoms with Crippen LogP contribution >= 0.6 is 0 Å². The lowest BCUT2D eigenvalue weighted by Gasteiger charge is -2.17. The number of nitro benzene ring substituents is 1. The number of amides is 1. The van der Waals surface area contributed by atoms with Crippen molar-refractivity contribution in [2.45, 2.75) is 25.7 Å². The van der Waals surface area contributed by atoms with E-state index in [0.29, 0.717) is 18.8 Å². The lowest BCUT2D eigenvalue weighted by molar-refractivity contribution is -0.384. The molecule has 2 aromatic carbocycles. The quantitative estimate of drug-likeness (QED) is 0.414. The smallest absolute Gasteiger partial charge is 0.292 e. The second kappa shape index (κ2) is 9.42. The lowest BCUT2D eigenvalue weighted by atomic mass is 9.94. The van der Waals surface area contributed by atoms with E-state index in [1.165, 1.54) is 6.07 Å². The van der Waals surface area contributed by atoms with Crippen LogP contribution in [-0.2, 0) is 4.79 Å². The number of hydrogen-bond donors (Lipinski definition) is 2. The van der Waals surface area contributed by atoms with E-state index in [0.717, 1.165) is 18.4 Å². The van der Waals surface area contributed by atoms with Crippen LogP contribution in [0.5, 0.6) is 0 Å². The Morgan fingerprint density at radius 2 is 1.76 bits per heavy atom. The highest BCUT2D eigenvalue weighted by molar-refractivity contribution is 5.83. The second-order valence-corrected chi connectivity index (χ2v) is 5.74. The van der Waals surface area contributed by atoms with Crippen LogP contribution in [0.3, 0.4) is 0 Å². The molecule has 6 heteroatoms. The summed E-state index contributed by atoms with van der Waals surface area (Å²) in [4.78, 5) is 23.0. The molecular formula is C19H23N3O3. The zero-order valence-electron chi connectivity index (χ0n) is 14.3. The maximum Gasteiger partial charge on any atom is 0.292 e. The van der Waals surface area contributed by atoms with Crippen LogP contribution in [0.1, 0.15) is 31.2 Å². The van der Waals surface area contributed by atoms with Crippen molar-refractivity contribution in [3.05, 3.63) is 70.3 Å². The van der Waals surface area contributed by atoms with Crippen LogP contribution in [0.25, 0.3) is 0 Å². The van der Waals surface area contributed by atoms with Crippen molar-refractivity contribution in [1.29, 1.82) is 0 Å². The number of carbonyl (C=O) groups is 1. The average molecular weight is 341 g/mol. The minimum Gasteiger partial charge on any atom is -0.378 e. The molecule has 0 fully saturated rings. The molecule has 2 N–H and O–H groups in total. The van der Waals surface area contributed by atoms with E-state index in [4.69, 9.17) is 0 Å². The number of nitrogens with one attached hydrogen (secondary N) is 2. The van der Waals surface area contributed by atoms with Gasteiger partial charge in [0, 0.05) is 19.2 Å². The first-order valence-electron chi connectivity index (χ1n) is 8.43. The fourth-order valence-electron chi connectivity index (χ4n) is 2.71. The number of rotatable bonds is 9. The third kappa shape index (κ3) is 5.31. The molecule has 132 valence electrons. The number of nitrogens with zero attached hydrogens (tertiary/aromatic N) is 1. The first kappa shape index (κ1) is 18.4. The van der Waals surface area contributed by atoms with Crippen LogP contribution in [0, 0.1) is 10.1 Å². The van der Waals surface area contributed by atoms with E-state index in [2.05, 4.69) is 17.6 Å². The minimum absolute atomic E-state index is 0.0163. The molecule has 0 saturated carbocycles. The van der Waals surface area contributed by atoms with Crippen molar-refractivity contribution in [2.24, 2.45) is 0 Å². The SMILES string of the molecule is CCC[C@@H](C(=O)NCCNc1ccccc1[N+](=O)[O-])c1ccccc1. The highest BCUT2D eigenvalue weighted by atomic mass is 16.6. The van der Waals surface area contributed by atoms with Gasteiger partial charge in [0.2, 0.25) is 5.91 Å². The Kier molecular flexibility index (Phi) is 6.95. The molecule has 0 heterocycles. The van der Waals surface area contributed by atoms with Gasteiger partial charge in [0.05, 0.1) is 10.8 Å². The largest absolute Gasteiger partial charge is 0.378 e. The fourth-order valence-corrected chi connectivity index (χ4v) is 2.71. The third-order valence-electron chi connectivity index (χ3n) is 3.94. The van der Waals surface area contributed by atoms with E-state index in [9.17, 15) is 14.9 Å². The minimum atomic E-state index is -0.423. The Balaban J connectivity index is 1.88. The van der Waals surface area contributed by atoms with Crippen molar-refractivity contribution < 1.29 is 9.72 Å². The van der Waals surface area contributed by atoms with Crippen molar-refractivity contribution in [3.8, 4) is 0 Å². The summed E-state index contributed by atoms with van der Waals surface area (Å²) in [6.07, 6.45) is 1.70. The van der Waals surface area contributed by atoms with Gasteiger partial charge < -0.3 is 10.6 Å². The van der Waals surface area contributed by atoms with Crippen LogP contribution in [0.4, 0.5) is 11.4 Å². The summed E-state index contributed by atoms with van der Waals surface area (Å²) in [7, 11) is 0. The molecule has 0 radical (unpaired) electrons. The molecule has 25 heavy (non-hydrogen) atoms. The summed E-state index contributed by atoms with van der Waals surface area (Å²) >= 11 is 0. The van der Waals surface area contributed by atoms with Gasteiger partial charge in [-0.3, -0.25) is 14.9 Å². The van der Waals surface area contributed by atoms with Gasteiger partial charge in [-0.15, -0.1) is 0 Å². The van der Waals surface area contributed by atoms with Gasteiger partial charge in [-0.2, -0.15) is 0 Å². The molecule has 0 aromatic heterocycles. The number of anilines is 1. The van der Waals surface area contributed by atoms with Crippen molar-refractivity contribution in [2.75, 3.05) is 18.4 Å². The molecule has 2 rings (SSSR count).